The van der Waals surface area contributed by atoms with E-state index in [4.69, 9.17) is 0 Å². The molecule has 11 heavy (non-hydrogen) atoms. The molecule has 0 heterocycles. The Morgan fingerprint density at radius 1 is 1.09 bits per heavy atom. The highest BCUT2D eigenvalue weighted by Gasteiger charge is 2.04. The summed E-state index contributed by atoms with van der Waals surface area (Å²) in [5.41, 5.74) is 0. The summed E-state index contributed by atoms with van der Waals surface area (Å²) < 4.78 is 0. The van der Waals surface area contributed by atoms with Crippen molar-refractivity contribution in [2.45, 2.75) is 52.5 Å². The molecule has 0 unspecified atom stereocenters. The molecule has 0 saturated heterocycles. The van der Waals surface area contributed by atoms with Crippen molar-refractivity contribution in [2.75, 3.05) is 7.05 Å². The van der Waals surface area contributed by atoms with Crippen molar-refractivity contribution in [3.05, 3.63) is 0 Å². The largest absolute Gasteiger partial charge is 0.317 e. The molecule has 0 rings (SSSR count). The lowest BCUT2D eigenvalue weighted by Crippen LogP contribution is -2.25. The fourth-order valence-corrected chi connectivity index (χ4v) is 1.32. The number of rotatable bonds is 6. The lowest BCUT2D eigenvalue weighted by Gasteiger charge is -2.15. The fraction of sp³-hybridized carbons (Fsp3) is 1.00. The third-order valence-corrected chi connectivity index (χ3v) is 2.14. The van der Waals surface area contributed by atoms with E-state index in [-0.39, 0.29) is 0 Å². The lowest BCUT2D eigenvalue weighted by atomic mass is 10.0. The maximum atomic E-state index is 3.36. The average Bonchev–Trinajstić information content (AvgIpc) is 1.97. The molecule has 0 aliphatic heterocycles. The Balaban J connectivity index is 3.35. The minimum atomic E-state index is 0.752. The minimum Gasteiger partial charge on any atom is -0.317 e. The van der Waals surface area contributed by atoms with Crippen molar-refractivity contribution in [1.82, 2.24) is 5.32 Å². The van der Waals surface area contributed by atoms with E-state index in [9.17, 15) is 0 Å². The maximum Gasteiger partial charge on any atom is 0.00640 e. The van der Waals surface area contributed by atoms with Crippen LogP contribution in [0.4, 0.5) is 0 Å². The van der Waals surface area contributed by atoms with Crippen molar-refractivity contribution >= 4 is 0 Å². The second-order valence-corrected chi connectivity index (χ2v) is 3.75. The maximum absolute atomic E-state index is 3.36. The van der Waals surface area contributed by atoms with Gasteiger partial charge in [-0.1, -0.05) is 27.2 Å². The third-order valence-electron chi connectivity index (χ3n) is 2.14. The molecule has 0 aliphatic carbocycles. The van der Waals surface area contributed by atoms with Crippen molar-refractivity contribution < 1.29 is 0 Å². The SMILES string of the molecule is CCC[C@@H](CCC(C)C)NC. The highest BCUT2D eigenvalue weighted by atomic mass is 14.9. The summed E-state index contributed by atoms with van der Waals surface area (Å²) in [4.78, 5) is 0. The molecule has 0 aromatic rings. The van der Waals surface area contributed by atoms with Gasteiger partial charge in [-0.05, 0) is 32.2 Å². The van der Waals surface area contributed by atoms with E-state index >= 15 is 0 Å². The molecular weight excluding hydrogens is 134 g/mol. The summed E-state index contributed by atoms with van der Waals surface area (Å²) >= 11 is 0. The first-order chi connectivity index (χ1) is 5.20. The van der Waals surface area contributed by atoms with Crippen LogP contribution >= 0.6 is 0 Å². The molecule has 0 radical (unpaired) electrons. The summed E-state index contributed by atoms with van der Waals surface area (Å²) in [6, 6.07) is 0.752. The minimum absolute atomic E-state index is 0.752. The molecule has 1 N–H and O–H groups in total. The Labute approximate surface area is 71.6 Å². The summed E-state index contributed by atoms with van der Waals surface area (Å²) in [5, 5.41) is 3.36. The van der Waals surface area contributed by atoms with Crippen molar-refractivity contribution in [2.24, 2.45) is 5.92 Å². The number of nitrogens with one attached hydrogen (secondary N) is 1. The molecule has 1 atom stereocenters. The first kappa shape index (κ1) is 11.0. The van der Waals surface area contributed by atoms with Gasteiger partial charge in [0, 0.05) is 6.04 Å². The van der Waals surface area contributed by atoms with E-state index in [0.29, 0.717) is 0 Å². The molecule has 0 aromatic heterocycles. The summed E-state index contributed by atoms with van der Waals surface area (Å²) in [6.45, 7) is 6.83. The number of hydrogen-bond acceptors (Lipinski definition) is 1. The topological polar surface area (TPSA) is 12.0 Å². The van der Waals surface area contributed by atoms with Crippen LogP contribution in [0.25, 0.3) is 0 Å². The van der Waals surface area contributed by atoms with Gasteiger partial charge in [-0.15, -0.1) is 0 Å². The molecule has 0 fully saturated rings. The van der Waals surface area contributed by atoms with E-state index in [2.05, 4.69) is 33.1 Å². The molecule has 0 amide bonds. The van der Waals surface area contributed by atoms with E-state index in [1.165, 1.54) is 25.7 Å². The molecule has 0 saturated carbocycles. The Hall–Kier alpha value is -0.0400. The molecular formula is C10H23N. The average molecular weight is 157 g/mol. The van der Waals surface area contributed by atoms with Crippen LogP contribution in [-0.4, -0.2) is 13.1 Å². The zero-order valence-corrected chi connectivity index (χ0v) is 8.48. The molecule has 1 heteroatoms. The van der Waals surface area contributed by atoms with Gasteiger partial charge in [0.05, 0.1) is 0 Å². The van der Waals surface area contributed by atoms with Crippen LogP contribution in [0.2, 0.25) is 0 Å². The molecule has 0 aromatic carbocycles. The van der Waals surface area contributed by atoms with E-state index < -0.39 is 0 Å². The Kier molecular flexibility index (Phi) is 6.63. The first-order valence-electron chi connectivity index (χ1n) is 4.88. The molecule has 0 aliphatic rings. The second kappa shape index (κ2) is 6.66. The lowest BCUT2D eigenvalue weighted by molar-refractivity contribution is 0.430. The van der Waals surface area contributed by atoms with Crippen LogP contribution < -0.4 is 5.32 Å². The van der Waals surface area contributed by atoms with Crippen LogP contribution in [0, 0.1) is 5.92 Å². The summed E-state index contributed by atoms with van der Waals surface area (Å²) in [5.74, 6) is 0.850. The van der Waals surface area contributed by atoms with Gasteiger partial charge < -0.3 is 5.32 Å². The third kappa shape index (κ3) is 6.36. The second-order valence-electron chi connectivity index (χ2n) is 3.75. The highest BCUT2D eigenvalue weighted by Crippen LogP contribution is 2.09. The Morgan fingerprint density at radius 2 is 1.73 bits per heavy atom. The number of hydrogen-bond donors (Lipinski definition) is 1. The van der Waals surface area contributed by atoms with Gasteiger partial charge in [0.25, 0.3) is 0 Å². The van der Waals surface area contributed by atoms with Crippen molar-refractivity contribution in [1.29, 1.82) is 0 Å². The van der Waals surface area contributed by atoms with E-state index in [0.717, 1.165) is 12.0 Å². The van der Waals surface area contributed by atoms with Crippen molar-refractivity contribution in [3.8, 4) is 0 Å². The standard InChI is InChI=1S/C10H23N/c1-5-6-10(11-4)8-7-9(2)3/h9-11H,5-8H2,1-4H3/t10-/m0/s1. The molecule has 1 nitrogen and oxygen atoms in total. The zero-order valence-electron chi connectivity index (χ0n) is 8.48. The van der Waals surface area contributed by atoms with Gasteiger partial charge in [-0.25, -0.2) is 0 Å². The monoisotopic (exact) mass is 157 g/mol. The summed E-state index contributed by atoms with van der Waals surface area (Å²) in [7, 11) is 2.07. The zero-order chi connectivity index (χ0) is 8.69. The van der Waals surface area contributed by atoms with Gasteiger partial charge >= 0.3 is 0 Å². The smallest absolute Gasteiger partial charge is 0.00640 e. The Morgan fingerprint density at radius 3 is 2.09 bits per heavy atom. The molecule has 68 valence electrons. The quantitative estimate of drug-likeness (QED) is 0.625. The predicted molar refractivity (Wildman–Crippen MR) is 51.8 cm³/mol. The normalized spacial score (nSPS) is 13.9. The van der Waals surface area contributed by atoms with Crippen LogP contribution in [0.5, 0.6) is 0 Å². The molecule has 0 bridgehead atoms. The van der Waals surface area contributed by atoms with E-state index in [1.54, 1.807) is 0 Å². The predicted octanol–water partition coefficient (Wildman–Crippen LogP) is 2.81. The van der Waals surface area contributed by atoms with Crippen LogP contribution in [0.15, 0.2) is 0 Å². The van der Waals surface area contributed by atoms with Gasteiger partial charge in [0.2, 0.25) is 0 Å². The van der Waals surface area contributed by atoms with Gasteiger partial charge in [-0.3, -0.25) is 0 Å². The van der Waals surface area contributed by atoms with Crippen LogP contribution in [0.3, 0.4) is 0 Å². The van der Waals surface area contributed by atoms with E-state index in [1.807, 2.05) is 0 Å². The van der Waals surface area contributed by atoms with Crippen LogP contribution in [-0.2, 0) is 0 Å². The van der Waals surface area contributed by atoms with Gasteiger partial charge in [-0.2, -0.15) is 0 Å². The first-order valence-corrected chi connectivity index (χ1v) is 4.88. The van der Waals surface area contributed by atoms with Crippen LogP contribution in [0.1, 0.15) is 46.5 Å². The van der Waals surface area contributed by atoms with Gasteiger partial charge in [0.15, 0.2) is 0 Å². The highest BCUT2D eigenvalue weighted by molar-refractivity contribution is 4.64. The Bertz CT molecular complexity index is 78.9. The molecule has 0 spiro atoms. The van der Waals surface area contributed by atoms with Gasteiger partial charge in [0.1, 0.15) is 0 Å². The van der Waals surface area contributed by atoms with Crippen molar-refractivity contribution in [3.63, 3.8) is 0 Å². The summed E-state index contributed by atoms with van der Waals surface area (Å²) in [6.07, 6.45) is 5.31. The fourth-order valence-electron chi connectivity index (χ4n) is 1.32.